The molecule has 3 N–H and O–H groups in total. The lowest BCUT2D eigenvalue weighted by atomic mass is 9.94. The number of hydrogen-bond acceptors (Lipinski definition) is 3. The Hall–Kier alpha value is -1.55. The van der Waals surface area contributed by atoms with Gasteiger partial charge < -0.3 is 15.6 Å². The first-order chi connectivity index (χ1) is 7.88. The van der Waals surface area contributed by atoms with Crippen LogP contribution < -0.4 is 10.5 Å². The summed E-state index contributed by atoms with van der Waals surface area (Å²) in [6.07, 6.45) is 0.340. The van der Waals surface area contributed by atoms with Crippen molar-refractivity contribution in [1.29, 1.82) is 0 Å². The second-order valence-corrected chi connectivity index (χ2v) is 4.28. The Balaban J connectivity index is 3.15. The van der Waals surface area contributed by atoms with E-state index < -0.39 is 12.0 Å². The molecular weight excluding hydrogens is 218 g/mol. The SMILES string of the molecule is COc1c(C)cc(CC(N)C(=O)O)c(C)c1C. The number of nitrogens with two attached hydrogens (primary N) is 1. The van der Waals surface area contributed by atoms with Crippen LogP contribution in [0.3, 0.4) is 0 Å². The smallest absolute Gasteiger partial charge is 0.320 e. The van der Waals surface area contributed by atoms with Gasteiger partial charge in [0.05, 0.1) is 7.11 Å². The quantitative estimate of drug-likeness (QED) is 0.833. The van der Waals surface area contributed by atoms with Crippen LogP contribution in [0.25, 0.3) is 0 Å². The van der Waals surface area contributed by atoms with Gasteiger partial charge >= 0.3 is 5.97 Å². The monoisotopic (exact) mass is 237 g/mol. The van der Waals surface area contributed by atoms with Crippen LogP contribution in [0.5, 0.6) is 5.75 Å². The zero-order valence-electron chi connectivity index (χ0n) is 10.7. The zero-order valence-corrected chi connectivity index (χ0v) is 10.7. The number of aliphatic carboxylic acids is 1. The van der Waals surface area contributed by atoms with Gasteiger partial charge in [-0.25, -0.2) is 0 Å². The third-order valence-corrected chi connectivity index (χ3v) is 3.09. The van der Waals surface area contributed by atoms with E-state index in [9.17, 15) is 4.79 Å². The number of aryl methyl sites for hydroxylation is 1. The lowest BCUT2D eigenvalue weighted by Crippen LogP contribution is -2.32. The van der Waals surface area contributed by atoms with E-state index in [-0.39, 0.29) is 0 Å². The Bertz CT molecular complexity index is 441. The molecule has 0 aliphatic heterocycles. The zero-order chi connectivity index (χ0) is 13.2. The number of ether oxygens (including phenoxy) is 1. The summed E-state index contributed by atoms with van der Waals surface area (Å²) >= 11 is 0. The van der Waals surface area contributed by atoms with Crippen molar-refractivity contribution in [2.75, 3.05) is 7.11 Å². The standard InChI is InChI=1S/C13H19NO3/c1-7-5-10(6-11(14)13(15)16)8(2)9(3)12(7)17-4/h5,11H,6,14H2,1-4H3,(H,15,16). The summed E-state index contributed by atoms with van der Waals surface area (Å²) in [6.45, 7) is 5.87. The Labute approximate surface area is 101 Å². The highest BCUT2D eigenvalue weighted by atomic mass is 16.5. The van der Waals surface area contributed by atoms with Gasteiger partial charge in [0.15, 0.2) is 0 Å². The Morgan fingerprint density at radius 1 is 1.41 bits per heavy atom. The molecule has 94 valence electrons. The Kier molecular flexibility index (Phi) is 4.12. The van der Waals surface area contributed by atoms with E-state index in [0.29, 0.717) is 6.42 Å². The number of methoxy groups -OCH3 is 1. The summed E-state index contributed by atoms with van der Waals surface area (Å²) in [5, 5.41) is 8.82. The second kappa shape index (κ2) is 5.19. The van der Waals surface area contributed by atoms with Crippen LogP contribution in [0, 0.1) is 20.8 Å². The molecule has 0 amide bonds. The predicted octanol–water partition coefficient (Wildman–Crippen LogP) is 1.57. The molecule has 1 atom stereocenters. The minimum Gasteiger partial charge on any atom is -0.496 e. The maximum atomic E-state index is 10.8. The van der Waals surface area contributed by atoms with Crippen molar-refractivity contribution in [3.63, 3.8) is 0 Å². The maximum Gasteiger partial charge on any atom is 0.320 e. The van der Waals surface area contributed by atoms with Crippen molar-refractivity contribution < 1.29 is 14.6 Å². The first-order valence-electron chi connectivity index (χ1n) is 5.50. The largest absolute Gasteiger partial charge is 0.496 e. The number of carbonyl (C=O) groups is 1. The van der Waals surface area contributed by atoms with Crippen LogP contribution in [0.4, 0.5) is 0 Å². The highest BCUT2D eigenvalue weighted by Gasteiger charge is 2.16. The number of hydrogen-bond donors (Lipinski definition) is 2. The van der Waals surface area contributed by atoms with Crippen molar-refractivity contribution in [2.45, 2.75) is 33.2 Å². The van der Waals surface area contributed by atoms with E-state index >= 15 is 0 Å². The molecular formula is C13H19NO3. The third-order valence-electron chi connectivity index (χ3n) is 3.09. The van der Waals surface area contributed by atoms with Crippen molar-refractivity contribution in [3.05, 3.63) is 28.3 Å². The summed E-state index contributed by atoms with van der Waals surface area (Å²) in [4.78, 5) is 10.8. The second-order valence-electron chi connectivity index (χ2n) is 4.28. The number of carboxylic acid groups (broad SMARTS) is 1. The van der Waals surface area contributed by atoms with Gasteiger partial charge in [0.1, 0.15) is 11.8 Å². The van der Waals surface area contributed by atoms with Crippen LogP contribution in [0.1, 0.15) is 22.3 Å². The van der Waals surface area contributed by atoms with Gasteiger partial charge in [-0.05, 0) is 49.4 Å². The van der Waals surface area contributed by atoms with Crippen molar-refractivity contribution in [3.8, 4) is 5.75 Å². The molecule has 0 saturated carbocycles. The van der Waals surface area contributed by atoms with E-state index in [0.717, 1.165) is 28.0 Å². The maximum absolute atomic E-state index is 10.8. The number of benzene rings is 1. The van der Waals surface area contributed by atoms with Crippen molar-refractivity contribution >= 4 is 5.97 Å². The van der Waals surface area contributed by atoms with E-state index in [1.807, 2.05) is 26.8 Å². The molecule has 0 saturated heterocycles. The molecule has 0 bridgehead atoms. The Morgan fingerprint density at radius 2 is 2.00 bits per heavy atom. The fraction of sp³-hybridized carbons (Fsp3) is 0.462. The van der Waals surface area contributed by atoms with Crippen LogP contribution in [-0.4, -0.2) is 24.2 Å². The summed E-state index contributed by atoms with van der Waals surface area (Å²) in [7, 11) is 1.64. The van der Waals surface area contributed by atoms with Crippen LogP contribution in [0.2, 0.25) is 0 Å². The first kappa shape index (κ1) is 13.5. The molecule has 4 nitrogen and oxygen atoms in total. The van der Waals surface area contributed by atoms with Crippen LogP contribution >= 0.6 is 0 Å². The molecule has 1 aromatic carbocycles. The van der Waals surface area contributed by atoms with E-state index in [4.69, 9.17) is 15.6 Å². The molecule has 0 heterocycles. The average Bonchev–Trinajstić information content (AvgIpc) is 2.26. The molecule has 1 unspecified atom stereocenters. The summed E-state index contributed by atoms with van der Waals surface area (Å²) in [6, 6.07) is 1.09. The van der Waals surface area contributed by atoms with Gasteiger partial charge in [-0.15, -0.1) is 0 Å². The lowest BCUT2D eigenvalue weighted by molar-refractivity contribution is -0.138. The highest BCUT2D eigenvalue weighted by molar-refractivity contribution is 5.73. The fourth-order valence-corrected chi connectivity index (χ4v) is 1.99. The van der Waals surface area contributed by atoms with Crippen LogP contribution in [-0.2, 0) is 11.2 Å². The number of rotatable bonds is 4. The molecule has 0 aromatic heterocycles. The molecule has 1 rings (SSSR count). The number of carboxylic acids is 1. The summed E-state index contributed by atoms with van der Waals surface area (Å²) in [5.41, 5.74) is 9.62. The normalized spacial score (nSPS) is 12.3. The topological polar surface area (TPSA) is 72.5 Å². The predicted molar refractivity (Wildman–Crippen MR) is 66.5 cm³/mol. The molecule has 0 spiro atoms. The van der Waals surface area contributed by atoms with Gasteiger partial charge in [0, 0.05) is 0 Å². The van der Waals surface area contributed by atoms with E-state index in [1.54, 1.807) is 7.11 Å². The first-order valence-corrected chi connectivity index (χ1v) is 5.50. The average molecular weight is 237 g/mol. The molecule has 17 heavy (non-hydrogen) atoms. The molecule has 0 aliphatic rings. The summed E-state index contributed by atoms with van der Waals surface area (Å²) < 4.78 is 5.32. The fourth-order valence-electron chi connectivity index (χ4n) is 1.99. The van der Waals surface area contributed by atoms with E-state index in [2.05, 4.69) is 0 Å². The van der Waals surface area contributed by atoms with Gasteiger partial charge in [-0.3, -0.25) is 4.79 Å². The Morgan fingerprint density at radius 3 is 2.47 bits per heavy atom. The molecule has 1 aromatic rings. The lowest BCUT2D eigenvalue weighted by Gasteiger charge is -2.16. The molecule has 0 radical (unpaired) electrons. The molecule has 0 fully saturated rings. The van der Waals surface area contributed by atoms with Crippen LogP contribution in [0.15, 0.2) is 6.07 Å². The highest BCUT2D eigenvalue weighted by Crippen LogP contribution is 2.28. The van der Waals surface area contributed by atoms with Gasteiger partial charge in [0.25, 0.3) is 0 Å². The van der Waals surface area contributed by atoms with Gasteiger partial charge in [-0.2, -0.15) is 0 Å². The van der Waals surface area contributed by atoms with Crippen molar-refractivity contribution in [2.24, 2.45) is 5.73 Å². The summed E-state index contributed by atoms with van der Waals surface area (Å²) in [5.74, 6) is -0.120. The van der Waals surface area contributed by atoms with Crippen molar-refractivity contribution in [1.82, 2.24) is 0 Å². The molecule has 0 aliphatic carbocycles. The van der Waals surface area contributed by atoms with E-state index in [1.165, 1.54) is 0 Å². The van der Waals surface area contributed by atoms with Gasteiger partial charge in [0.2, 0.25) is 0 Å². The molecule has 4 heteroatoms. The minimum absolute atomic E-state index is 0.340. The minimum atomic E-state index is -0.976. The van der Waals surface area contributed by atoms with Gasteiger partial charge in [-0.1, -0.05) is 6.07 Å². The third kappa shape index (κ3) is 2.77.